The summed E-state index contributed by atoms with van der Waals surface area (Å²) in [5.41, 5.74) is 7.69. The summed E-state index contributed by atoms with van der Waals surface area (Å²) < 4.78 is 113. The second-order valence-electron chi connectivity index (χ2n) is 16.7. The zero-order valence-corrected chi connectivity index (χ0v) is 43.3. The number of esters is 1. The van der Waals surface area contributed by atoms with E-state index in [1.165, 1.54) is 22.8 Å². The maximum absolute atomic E-state index is 13.6. The summed E-state index contributed by atoms with van der Waals surface area (Å²) in [6, 6.07) is 2.15. The van der Waals surface area contributed by atoms with Gasteiger partial charge in [0.25, 0.3) is 5.91 Å². The molecule has 0 unspecified atom stereocenters. The molecule has 0 aliphatic carbocycles. The third kappa shape index (κ3) is 25.6. The molecule has 1 fully saturated rings. The molecule has 18 nitrogen and oxygen atoms in total. The highest BCUT2D eigenvalue weighted by Gasteiger charge is 2.25. The van der Waals surface area contributed by atoms with Gasteiger partial charge in [0.15, 0.2) is 11.6 Å². The number of halogens is 4. The van der Waals surface area contributed by atoms with E-state index in [0.29, 0.717) is 149 Å². The monoisotopic (exact) mass is 1060 g/mol. The van der Waals surface area contributed by atoms with Gasteiger partial charge in [0.2, 0.25) is 17.4 Å². The molecular formula is C50H76F4N4O14S. The predicted molar refractivity (Wildman–Crippen MR) is 264 cm³/mol. The van der Waals surface area contributed by atoms with E-state index in [2.05, 4.69) is 20.7 Å². The van der Waals surface area contributed by atoms with Gasteiger partial charge in [0.1, 0.15) is 5.84 Å². The standard InChI is InChI=1S/C50H76F4N4O14S/c1-3-10-58(71-4-2)50(60)39-34-44-43(56-45(55)35-39)36-40(73-44)6-5-38-7-11-57(12-8-38)13-15-62-17-19-64-21-23-66-25-27-68-29-31-70-33-32-69-30-28-67-26-24-65-22-20-63-18-16-61-14-9-46(59)72-49-47(53)41(51)37-42(52)48(49)54/h34,36-38H,3-33,35H2,1-2H3,(H2,55,56). The number of fused-ring (bicyclic) bond motifs is 1. The first-order valence-electron chi connectivity index (χ1n) is 25.2. The fraction of sp³-hybridized carbons (Fsp3) is 0.700. The van der Waals surface area contributed by atoms with Gasteiger partial charge in [-0.2, -0.15) is 8.78 Å². The lowest BCUT2D eigenvalue weighted by atomic mass is 9.92. The van der Waals surface area contributed by atoms with Crippen molar-refractivity contribution < 1.29 is 84.1 Å². The van der Waals surface area contributed by atoms with E-state index < -0.39 is 41.4 Å². The topological polar surface area (TPSA) is 190 Å². The zero-order valence-electron chi connectivity index (χ0n) is 42.5. The number of rotatable bonds is 42. The Balaban J connectivity index is 0.823. The highest BCUT2D eigenvalue weighted by Crippen LogP contribution is 2.36. The van der Waals surface area contributed by atoms with Crippen LogP contribution in [0.3, 0.4) is 0 Å². The molecule has 73 heavy (non-hydrogen) atoms. The minimum Gasteiger partial charge on any atom is -0.420 e. The largest absolute Gasteiger partial charge is 0.420 e. The number of aryl methyl sites for hydroxylation is 1. The van der Waals surface area contributed by atoms with Crippen LogP contribution in [0.5, 0.6) is 5.75 Å². The molecule has 0 bridgehead atoms. The van der Waals surface area contributed by atoms with Crippen LogP contribution in [0.1, 0.15) is 62.1 Å². The number of amides is 1. The van der Waals surface area contributed by atoms with Gasteiger partial charge < -0.3 is 62.7 Å². The van der Waals surface area contributed by atoms with Gasteiger partial charge in [-0.1, -0.05) is 6.92 Å². The second kappa shape index (κ2) is 37.9. The quantitative estimate of drug-likeness (QED) is 0.0201. The molecule has 4 rings (SSSR count). The number of carbonyl (C=O) groups excluding carboxylic acids is 2. The van der Waals surface area contributed by atoms with Gasteiger partial charge in [-0.15, -0.1) is 11.3 Å². The van der Waals surface area contributed by atoms with Crippen molar-refractivity contribution in [1.82, 2.24) is 9.96 Å². The molecule has 1 aromatic carbocycles. The Morgan fingerprint density at radius 1 is 0.685 bits per heavy atom. The smallest absolute Gasteiger partial charge is 0.313 e. The number of hydroxylamine groups is 2. The van der Waals surface area contributed by atoms with Gasteiger partial charge in [-0.25, -0.2) is 18.8 Å². The van der Waals surface area contributed by atoms with Crippen LogP contribution >= 0.6 is 11.3 Å². The first kappa shape index (κ1) is 61.9. The molecule has 1 saturated heterocycles. The summed E-state index contributed by atoms with van der Waals surface area (Å²) in [6.07, 6.45) is 7.13. The van der Waals surface area contributed by atoms with Crippen molar-refractivity contribution in [3.05, 3.63) is 50.7 Å². The number of hydrogen-bond donors (Lipinski definition) is 1. The number of thiophene rings is 1. The van der Waals surface area contributed by atoms with Crippen LogP contribution in [0.25, 0.3) is 6.08 Å². The fourth-order valence-corrected chi connectivity index (χ4v) is 8.40. The number of hydrogen-bond acceptors (Lipinski definition) is 18. The molecule has 23 heteroatoms. The van der Waals surface area contributed by atoms with Crippen molar-refractivity contribution in [3.63, 3.8) is 0 Å². The Hall–Kier alpha value is -3.69. The molecule has 2 aliphatic rings. The third-order valence-corrected chi connectivity index (χ3v) is 12.2. The summed E-state index contributed by atoms with van der Waals surface area (Å²) in [6.45, 7) is 15.8. The number of aliphatic imine (C=N–C) groups is 1. The van der Waals surface area contributed by atoms with E-state index in [0.717, 1.165) is 49.5 Å². The lowest BCUT2D eigenvalue weighted by molar-refractivity contribution is -0.180. The van der Waals surface area contributed by atoms with Crippen molar-refractivity contribution >= 4 is 40.8 Å². The molecule has 2 N–H and O–H groups in total. The number of nitrogens with zero attached hydrogens (tertiary/aromatic N) is 3. The van der Waals surface area contributed by atoms with Gasteiger partial charge >= 0.3 is 5.97 Å². The minimum absolute atomic E-state index is 0.0194. The molecule has 1 aromatic heterocycles. The van der Waals surface area contributed by atoms with Crippen molar-refractivity contribution in [2.45, 2.75) is 58.8 Å². The van der Waals surface area contributed by atoms with E-state index >= 15 is 0 Å². The molecule has 3 heterocycles. The Morgan fingerprint density at radius 2 is 1.15 bits per heavy atom. The maximum Gasteiger partial charge on any atom is 0.313 e. The average molecular weight is 1070 g/mol. The molecule has 2 aromatic rings. The van der Waals surface area contributed by atoms with Gasteiger partial charge in [-0.05, 0) is 70.2 Å². The normalized spacial score (nSPS) is 14.3. The average Bonchev–Trinajstić information content (AvgIpc) is 3.68. The van der Waals surface area contributed by atoms with Crippen molar-refractivity contribution in [3.8, 4) is 5.75 Å². The zero-order chi connectivity index (χ0) is 52.3. The molecule has 0 spiro atoms. The highest BCUT2D eigenvalue weighted by atomic mass is 32.1. The maximum atomic E-state index is 13.6. The van der Waals surface area contributed by atoms with E-state index in [-0.39, 0.29) is 31.8 Å². The number of piperidine rings is 1. The fourth-order valence-electron chi connectivity index (χ4n) is 7.32. The molecule has 0 radical (unpaired) electrons. The van der Waals surface area contributed by atoms with Crippen molar-refractivity contribution in [2.24, 2.45) is 16.6 Å². The number of nitrogens with two attached hydrogens (primary N) is 1. The van der Waals surface area contributed by atoms with Gasteiger partial charge in [-0.3, -0.25) is 14.4 Å². The van der Waals surface area contributed by atoms with Crippen molar-refractivity contribution in [2.75, 3.05) is 165 Å². The SMILES string of the molecule is CCCN(OCC)C(=O)C1=Cc2sc(CCC3CCN(CCOCCOCCOCCOCCOCCOCCOCCOCCOCCOCCC(=O)Oc4c(F)c(F)cc(F)c4F)CC3)cc2N=C(N)C1. The van der Waals surface area contributed by atoms with Crippen LogP contribution < -0.4 is 10.5 Å². The third-order valence-electron chi connectivity index (χ3n) is 11.1. The predicted octanol–water partition coefficient (Wildman–Crippen LogP) is 6.08. The van der Waals surface area contributed by atoms with E-state index in [4.69, 9.17) is 57.9 Å². The Kier molecular flexibility index (Phi) is 32.2. The summed E-state index contributed by atoms with van der Waals surface area (Å²) in [5.74, 6) is -8.52. The van der Waals surface area contributed by atoms with Gasteiger partial charge in [0, 0.05) is 36.0 Å². The summed E-state index contributed by atoms with van der Waals surface area (Å²) in [5, 5.41) is 1.44. The molecule has 2 aliphatic heterocycles. The van der Waals surface area contributed by atoms with Crippen LogP contribution in [0, 0.1) is 29.2 Å². The van der Waals surface area contributed by atoms with E-state index in [9.17, 15) is 27.2 Å². The van der Waals surface area contributed by atoms with Crippen molar-refractivity contribution in [1.29, 1.82) is 0 Å². The van der Waals surface area contributed by atoms with Crippen LogP contribution in [0.4, 0.5) is 23.2 Å². The minimum atomic E-state index is -1.80. The molecule has 414 valence electrons. The number of amidine groups is 1. The lowest BCUT2D eigenvalue weighted by Gasteiger charge is -2.31. The van der Waals surface area contributed by atoms with Crippen LogP contribution in [0.2, 0.25) is 0 Å². The Bertz CT molecular complexity index is 1890. The van der Waals surface area contributed by atoms with Crippen LogP contribution in [0.15, 0.2) is 22.7 Å². The summed E-state index contributed by atoms with van der Waals surface area (Å²) in [7, 11) is 0. The first-order valence-corrected chi connectivity index (χ1v) is 26.1. The number of carbonyl (C=O) groups is 2. The van der Waals surface area contributed by atoms with E-state index in [1.54, 1.807) is 11.3 Å². The number of benzene rings is 1. The van der Waals surface area contributed by atoms with Gasteiger partial charge in [0.05, 0.1) is 156 Å². The Labute approximate surface area is 430 Å². The summed E-state index contributed by atoms with van der Waals surface area (Å²) >= 11 is 1.70. The molecule has 0 atom stereocenters. The second-order valence-corrected chi connectivity index (χ2v) is 17.9. The summed E-state index contributed by atoms with van der Waals surface area (Å²) in [4.78, 5) is 39.9. The van der Waals surface area contributed by atoms with E-state index in [1.807, 2.05) is 19.9 Å². The lowest BCUT2D eigenvalue weighted by Crippen LogP contribution is -2.36. The van der Waals surface area contributed by atoms with Crippen LogP contribution in [-0.2, 0) is 68.2 Å². The first-order chi connectivity index (χ1) is 35.6. The molecule has 0 saturated carbocycles. The number of ether oxygens (including phenoxy) is 11. The molecular weight excluding hydrogens is 989 g/mol. The Morgan fingerprint density at radius 3 is 1.62 bits per heavy atom. The highest BCUT2D eigenvalue weighted by molar-refractivity contribution is 7.13. The van der Waals surface area contributed by atoms with Crippen LogP contribution in [-0.4, -0.2) is 193 Å². The number of likely N-dealkylation sites (tertiary alicyclic amines) is 1. The molecule has 1 amide bonds.